The van der Waals surface area contributed by atoms with E-state index in [9.17, 15) is 19.7 Å². The molecule has 0 saturated carbocycles. The minimum absolute atomic E-state index is 0.0849. The van der Waals surface area contributed by atoms with Crippen LogP contribution < -0.4 is 4.80 Å². The maximum atomic E-state index is 12.8. The van der Waals surface area contributed by atoms with Gasteiger partial charge in [-0.15, -0.1) is 0 Å². The first-order valence-corrected chi connectivity index (χ1v) is 10.4. The number of carbonyl (C=O) groups excluding carboxylic acids is 2. The Morgan fingerprint density at radius 1 is 1.03 bits per heavy atom. The number of carbonyl (C=O) groups is 2. The molecule has 0 unspecified atom stereocenters. The smallest absolute Gasteiger partial charge is 0.325 e. The van der Waals surface area contributed by atoms with Crippen molar-refractivity contribution < 1.29 is 19.2 Å². The van der Waals surface area contributed by atoms with Gasteiger partial charge in [-0.25, -0.2) is 0 Å². The lowest BCUT2D eigenvalue weighted by molar-refractivity contribution is -0.384. The summed E-state index contributed by atoms with van der Waals surface area (Å²) < 4.78 is 6.80. The Hall–Kier alpha value is -4.11. The summed E-state index contributed by atoms with van der Waals surface area (Å²) >= 11 is 1.09. The second kappa shape index (κ2) is 8.94. The summed E-state index contributed by atoms with van der Waals surface area (Å²) in [5.74, 6) is -1.01. The van der Waals surface area contributed by atoms with Crippen LogP contribution >= 0.6 is 11.3 Å². The van der Waals surface area contributed by atoms with Crippen LogP contribution in [0, 0.1) is 10.1 Å². The number of fused-ring (bicyclic) bond motifs is 1. The van der Waals surface area contributed by atoms with Crippen LogP contribution in [0.2, 0.25) is 0 Å². The number of benzene rings is 3. The minimum Gasteiger partial charge on any atom is -0.468 e. The van der Waals surface area contributed by atoms with Crippen molar-refractivity contribution in [1.82, 2.24) is 4.57 Å². The molecular formula is C23H17N3O5S. The minimum atomic E-state index is -0.524. The number of thiazole rings is 1. The first-order valence-electron chi connectivity index (χ1n) is 9.55. The van der Waals surface area contributed by atoms with Crippen molar-refractivity contribution in [2.75, 3.05) is 7.11 Å². The lowest BCUT2D eigenvalue weighted by Gasteiger charge is -2.04. The van der Waals surface area contributed by atoms with E-state index in [0.29, 0.717) is 15.8 Å². The molecule has 160 valence electrons. The van der Waals surface area contributed by atoms with Gasteiger partial charge >= 0.3 is 5.97 Å². The van der Waals surface area contributed by atoms with Gasteiger partial charge in [0.25, 0.3) is 11.6 Å². The number of nitro groups is 1. The van der Waals surface area contributed by atoms with E-state index in [4.69, 9.17) is 4.74 Å². The average molecular weight is 447 g/mol. The highest BCUT2D eigenvalue weighted by Gasteiger charge is 2.15. The van der Waals surface area contributed by atoms with E-state index >= 15 is 0 Å². The first kappa shape index (κ1) is 21.1. The van der Waals surface area contributed by atoms with E-state index in [1.807, 2.05) is 42.5 Å². The average Bonchev–Trinajstić information content (AvgIpc) is 3.15. The predicted molar refractivity (Wildman–Crippen MR) is 120 cm³/mol. The molecule has 0 saturated heterocycles. The largest absolute Gasteiger partial charge is 0.468 e. The summed E-state index contributed by atoms with van der Waals surface area (Å²) in [7, 11) is 1.26. The number of aromatic nitrogens is 1. The van der Waals surface area contributed by atoms with Crippen LogP contribution in [0.25, 0.3) is 21.3 Å². The normalized spacial score (nSPS) is 11.5. The van der Waals surface area contributed by atoms with Crippen molar-refractivity contribution in [3.63, 3.8) is 0 Å². The number of hydrogen-bond donors (Lipinski definition) is 0. The zero-order valence-electron chi connectivity index (χ0n) is 16.9. The van der Waals surface area contributed by atoms with Crippen molar-refractivity contribution in [3.8, 4) is 11.1 Å². The number of esters is 1. The summed E-state index contributed by atoms with van der Waals surface area (Å²) in [6, 6.07) is 21.1. The molecule has 0 N–H and O–H groups in total. The molecule has 1 heterocycles. The third-order valence-electron chi connectivity index (χ3n) is 4.83. The molecule has 8 nitrogen and oxygen atoms in total. The number of nitro benzene ring substituents is 1. The highest BCUT2D eigenvalue weighted by molar-refractivity contribution is 7.16. The van der Waals surface area contributed by atoms with Gasteiger partial charge in [-0.1, -0.05) is 53.8 Å². The lowest BCUT2D eigenvalue weighted by atomic mass is 10.0. The molecule has 0 aliphatic rings. The zero-order valence-corrected chi connectivity index (χ0v) is 17.7. The fourth-order valence-electron chi connectivity index (χ4n) is 3.19. The Morgan fingerprint density at radius 3 is 2.38 bits per heavy atom. The molecule has 4 rings (SSSR count). The van der Waals surface area contributed by atoms with E-state index in [0.717, 1.165) is 22.5 Å². The van der Waals surface area contributed by atoms with E-state index in [1.54, 1.807) is 12.1 Å². The maximum Gasteiger partial charge on any atom is 0.325 e. The summed E-state index contributed by atoms with van der Waals surface area (Å²) in [5, 5.41) is 11.1. The maximum absolute atomic E-state index is 12.8. The molecule has 0 atom stereocenters. The van der Waals surface area contributed by atoms with Crippen molar-refractivity contribution >= 4 is 39.1 Å². The third-order valence-corrected chi connectivity index (χ3v) is 5.87. The number of rotatable bonds is 5. The quantitative estimate of drug-likeness (QED) is 0.259. The highest BCUT2D eigenvalue weighted by atomic mass is 32.1. The molecule has 9 heteroatoms. The lowest BCUT2D eigenvalue weighted by Crippen LogP contribution is -2.22. The molecule has 3 aromatic carbocycles. The Balaban J connectivity index is 1.74. The van der Waals surface area contributed by atoms with Crippen molar-refractivity contribution in [1.29, 1.82) is 0 Å². The number of methoxy groups -OCH3 is 1. The number of non-ortho nitro benzene ring substituents is 1. The number of ether oxygens (including phenoxy) is 1. The van der Waals surface area contributed by atoms with E-state index in [1.165, 1.54) is 29.9 Å². The molecule has 0 bridgehead atoms. The monoisotopic (exact) mass is 447 g/mol. The number of amides is 1. The summed E-state index contributed by atoms with van der Waals surface area (Å²) in [4.78, 5) is 39.8. The van der Waals surface area contributed by atoms with E-state index in [-0.39, 0.29) is 17.0 Å². The van der Waals surface area contributed by atoms with Crippen molar-refractivity contribution in [3.05, 3.63) is 93.3 Å². The van der Waals surface area contributed by atoms with Gasteiger partial charge in [-0.05, 0) is 29.3 Å². The molecule has 0 spiro atoms. The molecule has 0 fully saturated rings. The van der Waals surface area contributed by atoms with Gasteiger partial charge in [-0.3, -0.25) is 19.7 Å². The van der Waals surface area contributed by atoms with Gasteiger partial charge in [0.15, 0.2) is 4.80 Å². The molecule has 0 radical (unpaired) electrons. The SMILES string of the molecule is COC(=O)Cn1c(=NC(=O)c2ccc(-c3ccccc3)cc2)sc2cc([N+](=O)[O-])ccc21. The zero-order chi connectivity index (χ0) is 22.7. The molecule has 4 aromatic rings. The summed E-state index contributed by atoms with van der Waals surface area (Å²) in [6.45, 7) is -0.173. The summed E-state index contributed by atoms with van der Waals surface area (Å²) in [6.07, 6.45) is 0. The first-order chi connectivity index (χ1) is 15.5. The van der Waals surface area contributed by atoms with Crippen LogP contribution in [0.5, 0.6) is 0 Å². The Bertz CT molecular complexity index is 1390. The van der Waals surface area contributed by atoms with Crippen molar-refractivity contribution in [2.24, 2.45) is 4.99 Å². The molecular weight excluding hydrogens is 430 g/mol. The fraction of sp³-hybridized carbons (Fsp3) is 0.0870. The highest BCUT2D eigenvalue weighted by Crippen LogP contribution is 2.24. The predicted octanol–water partition coefficient (Wildman–Crippen LogP) is 4.19. The van der Waals surface area contributed by atoms with E-state index < -0.39 is 16.8 Å². The van der Waals surface area contributed by atoms with Gasteiger partial charge in [0, 0.05) is 17.7 Å². The second-order valence-electron chi connectivity index (χ2n) is 6.82. The molecule has 1 aromatic heterocycles. The van der Waals surface area contributed by atoms with Crippen LogP contribution in [0.4, 0.5) is 5.69 Å². The van der Waals surface area contributed by atoms with Gasteiger partial charge in [0.05, 0.1) is 22.2 Å². The number of nitrogens with zero attached hydrogens (tertiary/aromatic N) is 3. The standard InChI is InChI=1S/C23H17N3O5S/c1-31-21(27)14-25-19-12-11-18(26(29)30)13-20(19)32-23(25)24-22(28)17-9-7-16(8-10-17)15-5-3-2-4-6-15/h2-13H,14H2,1H3. The summed E-state index contributed by atoms with van der Waals surface area (Å²) in [5.41, 5.74) is 2.86. The van der Waals surface area contributed by atoms with E-state index in [2.05, 4.69) is 4.99 Å². The second-order valence-corrected chi connectivity index (χ2v) is 7.83. The Labute approximate surface area is 186 Å². The van der Waals surface area contributed by atoms with Crippen LogP contribution in [-0.2, 0) is 16.1 Å². The Morgan fingerprint density at radius 2 is 1.72 bits per heavy atom. The van der Waals surface area contributed by atoms with Crippen LogP contribution in [0.15, 0.2) is 77.8 Å². The van der Waals surface area contributed by atoms with Crippen LogP contribution in [-0.4, -0.2) is 28.5 Å². The molecule has 32 heavy (non-hydrogen) atoms. The van der Waals surface area contributed by atoms with Gasteiger partial charge in [0.1, 0.15) is 6.54 Å². The topological polar surface area (TPSA) is 104 Å². The molecule has 1 amide bonds. The van der Waals surface area contributed by atoms with Crippen molar-refractivity contribution in [2.45, 2.75) is 6.54 Å². The number of hydrogen-bond acceptors (Lipinski definition) is 6. The van der Waals surface area contributed by atoms with Gasteiger partial charge in [0.2, 0.25) is 0 Å². The van der Waals surface area contributed by atoms with Crippen LogP contribution in [0.3, 0.4) is 0 Å². The van der Waals surface area contributed by atoms with Gasteiger partial charge < -0.3 is 9.30 Å². The fourth-order valence-corrected chi connectivity index (χ4v) is 4.26. The molecule has 0 aliphatic carbocycles. The Kier molecular flexibility index (Phi) is 5.91. The van der Waals surface area contributed by atoms with Gasteiger partial charge in [-0.2, -0.15) is 4.99 Å². The van der Waals surface area contributed by atoms with Crippen LogP contribution in [0.1, 0.15) is 10.4 Å². The third kappa shape index (κ3) is 4.33. The molecule has 0 aliphatic heterocycles.